The van der Waals surface area contributed by atoms with Crippen LogP contribution in [0.3, 0.4) is 0 Å². The molecule has 0 bridgehead atoms. The Morgan fingerprint density at radius 2 is 2.05 bits per heavy atom. The predicted octanol–water partition coefficient (Wildman–Crippen LogP) is 0.202. The Labute approximate surface area is 117 Å². The van der Waals surface area contributed by atoms with Gasteiger partial charge >= 0.3 is 0 Å². The lowest BCUT2D eigenvalue weighted by atomic mass is 10.2. The zero-order valence-electron chi connectivity index (χ0n) is 10.6. The number of nitrogens with one attached hydrogen (secondary N) is 3. The molecule has 0 spiro atoms. The lowest BCUT2D eigenvalue weighted by Gasteiger charge is -2.05. The van der Waals surface area contributed by atoms with Crippen LogP contribution >= 0.6 is 0 Å². The lowest BCUT2D eigenvalue weighted by Crippen LogP contribution is -2.17. The highest BCUT2D eigenvalue weighted by Gasteiger charge is 2.09. The van der Waals surface area contributed by atoms with Crippen LogP contribution in [-0.2, 0) is 0 Å². The number of nitrogens with zero attached hydrogens (tertiary/aromatic N) is 4. The van der Waals surface area contributed by atoms with Crippen LogP contribution in [0.15, 0.2) is 41.2 Å². The van der Waals surface area contributed by atoms with Crippen molar-refractivity contribution in [2.45, 2.75) is 0 Å². The Morgan fingerprint density at radius 3 is 2.76 bits per heavy atom. The van der Waals surface area contributed by atoms with Crippen LogP contribution in [0.25, 0.3) is 11.4 Å². The number of carbonyl (C=O) groups is 1. The fraction of sp³-hybridized carbons (Fsp3) is 0. The Hall–Kier alpha value is -3.36. The molecule has 104 valence electrons. The topological polar surface area (TPSA) is 129 Å². The third-order valence-electron chi connectivity index (χ3n) is 2.64. The molecule has 1 aromatic carbocycles. The number of H-pyrrole nitrogens is 2. The van der Waals surface area contributed by atoms with Crippen LogP contribution < -0.4 is 10.9 Å². The van der Waals surface area contributed by atoms with Gasteiger partial charge in [0.15, 0.2) is 0 Å². The molecule has 0 unspecified atom stereocenters. The number of tetrazole rings is 1. The minimum atomic E-state index is -0.434. The highest BCUT2D eigenvalue weighted by Crippen LogP contribution is 2.18. The van der Waals surface area contributed by atoms with Crippen molar-refractivity contribution >= 4 is 11.6 Å². The summed E-state index contributed by atoms with van der Waals surface area (Å²) in [6, 6.07) is 9.54. The maximum atomic E-state index is 12.0. The molecule has 9 nitrogen and oxygen atoms in total. The molecule has 0 saturated heterocycles. The molecule has 2 heterocycles. The van der Waals surface area contributed by atoms with Crippen molar-refractivity contribution in [1.29, 1.82) is 0 Å². The highest BCUT2D eigenvalue weighted by molar-refractivity contribution is 6.02. The van der Waals surface area contributed by atoms with Crippen molar-refractivity contribution < 1.29 is 4.79 Å². The summed E-state index contributed by atoms with van der Waals surface area (Å²) in [6.07, 6.45) is 0. The third-order valence-corrected chi connectivity index (χ3v) is 2.64. The van der Waals surface area contributed by atoms with Crippen molar-refractivity contribution in [2.24, 2.45) is 0 Å². The number of carbonyl (C=O) groups excluding carboxylic acids is 1. The third kappa shape index (κ3) is 2.81. The van der Waals surface area contributed by atoms with E-state index in [0.29, 0.717) is 17.1 Å². The van der Waals surface area contributed by atoms with E-state index >= 15 is 0 Å². The number of aromatic amines is 2. The smallest absolute Gasteiger partial charge is 0.276 e. The first-order valence-electron chi connectivity index (χ1n) is 5.93. The second kappa shape index (κ2) is 5.33. The van der Waals surface area contributed by atoms with Crippen LogP contribution in [0.1, 0.15) is 10.5 Å². The van der Waals surface area contributed by atoms with Crippen LogP contribution in [0.5, 0.6) is 0 Å². The van der Waals surface area contributed by atoms with Gasteiger partial charge < -0.3 is 5.32 Å². The summed E-state index contributed by atoms with van der Waals surface area (Å²) in [4.78, 5) is 22.9. The molecule has 1 amide bonds. The van der Waals surface area contributed by atoms with Gasteiger partial charge in [-0.05, 0) is 23.4 Å². The number of hydrogen-bond donors (Lipinski definition) is 3. The predicted molar refractivity (Wildman–Crippen MR) is 72.4 cm³/mol. The summed E-state index contributed by atoms with van der Waals surface area (Å²) in [5.41, 5.74) is 0.997. The normalized spacial score (nSPS) is 10.3. The molecule has 0 aliphatic heterocycles. The molecule has 0 saturated carbocycles. The van der Waals surface area contributed by atoms with E-state index in [1.54, 1.807) is 24.3 Å². The van der Waals surface area contributed by atoms with Gasteiger partial charge in [-0.25, -0.2) is 5.10 Å². The van der Waals surface area contributed by atoms with E-state index in [9.17, 15) is 9.59 Å². The van der Waals surface area contributed by atoms with Gasteiger partial charge in [-0.3, -0.25) is 9.59 Å². The molecule has 0 aliphatic carbocycles. The first-order chi connectivity index (χ1) is 10.2. The summed E-state index contributed by atoms with van der Waals surface area (Å²) >= 11 is 0. The monoisotopic (exact) mass is 283 g/mol. The first kappa shape index (κ1) is 12.7. The van der Waals surface area contributed by atoms with Crippen molar-refractivity contribution in [3.05, 3.63) is 52.4 Å². The molecular formula is C12H9N7O2. The molecule has 0 aliphatic rings. The summed E-state index contributed by atoms with van der Waals surface area (Å²) in [5, 5.41) is 22.1. The Morgan fingerprint density at radius 1 is 1.14 bits per heavy atom. The average molecular weight is 283 g/mol. The van der Waals surface area contributed by atoms with E-state index in [1.165, 1.54) is 12.1 Å². The second-order valence-electron chi connectivity index (χ2n) is 4.08. The van der Waals surface area contributed by atoms with Gasteiger partial charge in [0, 0.05) is 17.3 Å². The Kier molecular flexibility index (Phi) is 3.21. The van der Waals surface area contributed by atoms with E-state index in [4.69, 9.17) is 0 Å². The molecular weight excluding hydrogens is 274 g/mol. The standard InChI is InChI=1S/C12H9N7O2/c20-10-5-4-9(14-15-10)12(21)13-8-3-1-2-7(6-8)11-16-18-19-17-11/h1-6H,(H,13,21)(H,15,20)(H,16,17,18,19). The fourth-order valence-electron chi connectivity index (χ4n) is 1.69. The SMILES string of the molecule is O=C(Nc1cccc(-c2nn[nH]n2)c1)c1ccc(=O)[nH]n1. The van der Waals surface area contributed by atoms with Gasteiger partial charge in [0.2, 0.25) is 5.82 Å². The highest BCUT2D eigenvalue weighted by atomic mass is 16.2. The second-order valence-corrected chi connectivity index (χ2v) is 4.08. The van der Waals surface area contributed by atoms with Crippen LogP contribution in [0.4, 0.5) is 5.69 Å². The molecule has 3 aromatic rings. The van der Waals surface area contributed by atoms with Gasteiger partial charge in [-0.2, -0.15) is 10.3 Å². The van der Waals surface area contributed by atoms with Crippen molar-refractivity contribution in [3.8, 4) is 11.4 Å². The molecule has 3 rings (SSSR count). The van der Waals surface area contributed by atoms with Crippen molar-refractivity contribution in [3.63, 3.8) is 0 Å². The van der Waals surface area contributed by atoms with Crippen LogP contribution in [0, 0.1) is 0 Å². The van der Waals surface area contributed by atoms with Gasteiger partial charge in [0.1, 0.15) is 5.69 Å². The number of amides is 1. The number of hydrogen-bond acceptors (Lipinski definition) is 6. The van der Waals surface area contributed by atoms with Crippen LogP contribution in [0.2, 0.25) is 0 Å². The number of rotatable bonds is 3. The minimum absolute atomic E-state index is 0.111. The quantitative estimate of drug-likeness (QED) is 0.629. The molecule has 0 atom stereocenters. The van der Waals surface area contributed by atoms with E-state index in [-0.39, 0.29) is 11.3 Å². The summed E-state index contributed by atoms with van der Waals surface area (Å²) in [5.74, 6) is -0.00947. The molecule has 9 heteroatoms. The molecule has 0 fully saturated rings. The lowest BCUT2D eigenvalue weighted by molar-refractivity contribution is 0.102. The maximum absolute atomic E-state index is 12.0. The van der Waals surface area contributed by atoms with Crippen molar-refractivity contribution in [2.75, 3.05) is 5.32 Å². The summed E-state index contributed by atoms with van der Waals surface area (Å²) < 4.78 is 0. The molecule has 0 radical (unpaired) electrons. The summed E-state index contributed by atoms with van der Waals surface area (Å²) in [6.45, 7) is 0. The van der Waals surface area contributed by atoms with E-state index < -0.39 is 5.91 Å². The Bertz CT molecular complexity index is 805. The van der Waals surface area contributed by atoms with E-state index in [0.717, 1.165) is 0 Å². The minimum Gasteiger partial charge on any atom is -0.321 e. The van der Waals surface area contributed by atoms with Gasteiger partial charge in [0.05, 0.1) is 0 Å². The number of benzene rings is 1. The maximum Gasteiger partial charge on any atom is 0.276 e. The fourth-order valence-corrected chi connectivity index (χ4v) is 1.69. The Balaban J connectivity index is 1.82. The van der Waals surface area contributed by atoms with E-state index in [2.05, 4.69) is 36.1 Å². The zero-order chi connectivity index (χ0) is 14.7. The number of aromatic nitrogens is 6. The van der Waals surface area contributed by atoms with Crippen LogP contribution in [-0.4, -0.2) is 36.7 Å². The van der Waals surface area contributed by atoms with Crippen molar-refractivity contribution in [1.82, 2.24) is 30.8 Å². The number of anilines is 1. The van der Waals surface area contributed by atoms with E-state index in [1.807, 2.05) is 0 Å². The van der Waals surface area contributed by atoms with Gasteiger partial charge in [-0.1, -0.05) is 12.1 Å². The van der Waals surface area contributed by atoms with Gasteiger partial charge in [-0.15, -0.1) is 10.2 Å². The molecule has 3 N–H and O–H groups in total. The first-order valence-corrected chi connectivity index (χ1v) is 5.93. The zero-order valence-corrected chi connectivity index (χ0v) is 10.6. The summed E-state index contributed by atoms with van der Waals surface area (Å²) in [7, 11) is 0. The molecule has 2 aromatic heterocycles. The van der Waals surface area contributed by atoms with Gasteiger partial charge in [0.25, 0.3) is 11.5 Å². The molecule has 21 heavy (non-hydrogen) atoms. The largest absolute Gasteiger partial charge is 0.321 e. The average Bonchev–Trinajstić information content (AvgIpc) is 3.02.